The number of benzene rings is 1. The molecule has 21 heavy (non-hydrogen) atoms. The summed E-state index contributed by atoms with van der Waals surface area (Å²) in [4.78, 5) is 12.0. The lowest BCUT2D eigenvalue weighted by molar-refractivity contribution is -0.780. The number of nitrogens with two attached hydrogens (primary N) is 1. The molecule has 5 nitrogen and oxygen atoms in total. The van der Waals surface area contributed by atoms with Gasteiger partial charge in [-0.15, -0.1) is 0 Å². The molecule has 0 spiro atoms. The van der Waals surface area contributed by atoms with Crippen molar-refractivity contribution in [3.8, 4) is 5.75 Å². The van der Waals surface area contributed by atoms with E-state index in [1.54, 1.807) is 18.2 Å². The number of quaternary nitrogens is 1. The Hall–Kier alpha value is -1.88. The number of amides is 1. The van der Waals surface area contributed by atoms with Crippen LogP contribution in [0.25, 0.3) is 0 Å². The van der Waals surface area contributed by atoms with Crippen molar-refractivity contribution in [1.82, 2.24) is 5.43 Å². The Morgan fingerprint density at radius 1 is 1.19 bits per heavy atom. The summed E-state index contributed by atoms with van der Waals surface area (Å²) in [5.41, 5.74) is 3.92. The fourth-order valence-electron chi connectivity index (χ4n) is 3.21. The number of carbonyl (C=O) groups is 1. The molecule has 1 amide bonds. The Morgan fingerprint density at radius 3 is 2.33 bits per heavy atom. The molecule has 0 saturated carbocycles. The third kappa shape index (κ3) is 4.04. The predicted molar refractivity (Wildman–Crippen MR) is 82.3 cm³/mol. The van der Waals surface area contributed by atoms with Crippen molar-refractivity contribution >= 4 is 11.6 Å². The van der Waals surface area contributed by atoms with Crippen LogP contribution in [0.1, 0.15) is 50.9 Å². The van der Waals surface area contributed by atoms with E-state index in [2.05, 4.69) is 43.5 Å². The number of para-hydroxylation sites is 1. The standard InChI is InChI=1S/C16H23N3O2/c1-15(2)9-11(10-16(3,4)19-15)17-18-14(21)12-7-5-6-8-13(12)20/h5-8,19-20H,9-10H2,1-4H3,(H,18,21)/p+1. The van der Waals surface area contributed by atoms with Gasteiger partial charge in [0.15, 0.2) is 0 Å². The fraction of sp³-hybridized carbons (Fsp3) is 0.500. The van der Waals surface area contributed by atoms with Crippen LogP contribution >= 0.6 is 0 Å². The van der Waals surface area contributed by atoms with Gasteiger partial charge in [0.05, 0.1) is 22.4 Å². The highest BCUT2D eigenvalue weighted by Gasteiger charge is 2.39. The first-order valence-electron chi connectivity index (χ1n) is 7.19. The minimum Gasteiger partial charge on any atom is -0.507 e. The van der Waals surface area contributed by atoms with E-state index in [1.165, 1.54) is 6.07 Å². The number of carbonyl (C=O) groups excluding carboxylic acids is 1. The van der Waals surface area contributed by atoms with Gasteiger partial charge in [-0.2, -0.15) is 5.10 Å². The highest BCUT2D eigenvalue weighted by molar-refractivity contribution is 5.97. The first-order valence-corrected chi connectivity index (χ1v) is 7.19. The Morgan fingerprint density at radius 2 is 1.76 bits per heavy atom. The Labute approximate surface area is 125 Å². The lowest BCUT2D eigenvalue weighted by Gasteiger charge is -2.39. The Balaban J connectivity index is 2.10. The summed E-state index contributed by atoms with van der Waals surface area (Å²) in [6, 6.07) is 6.46. The van der Waals surface area contributed by atoms with E-state index in [4.69, 9.17) is 0 Å². The molecule has 1 aliphatic rings. The molecule has 1 aromatic carbocycles. The van der Waals surface area contributed by atoms with Crippen LogP contribution in [0, 0.1) is 0 Å². The number of nitrogens with one attached hydrogen (secondary N) is 1. The average Bonchev–Trinajstić information content (AvgIpc) is 2.33. The zero-order chi connectivity index (χ0) is 15.7. The molecule has 1 aromatic rings. The van der Waals surface area contributed by atoms with Crippen LogP contribution in [0.3, 0.4) is 0 Å². The third-order valence-electron chi connectivity index (χ3n) is 3.57. The smallest absolute Gasteiger partial charge is 0.275 e. The van der Waals surface area contributed by atoms with Gasteiger partial charge < -0.3 is 10.4 Å². The number of phenols is 1. The van der Waals surface area contributed by atoms with Crippen LogP contribution in [-0.2, 0) is 0 Å². The van der Waals surface area contributed by atoms with Gasteiger partial charge in [-0.05, 0) is 39.8 Å². The largest absolute Gasteiger partial charge is 0.507 e. The summed E-state index contributed by atoms with van der Waals surface area (Å²) in [5, 5.41) is 16.3. The zero-order valence-electron chi connectivity index (χ0n) is 13.1. The van der Waals surface area contributed by atoms with Crippen LogP contribution in [0.15, 0.2) is 29.4 Å². The molecule has 0 unspecified atom stereocenters. The number of hydrogen-bond acceptors (Lipinski definition) is 3. The number of hydrogen-bond donors (Lipinski definition) is 3. The van der Waals surface area contributed by atoms with Gasteiger partial charge in [0, 0.05) is 12.8 Å². The van der Waals surface area contributed by atoms with Crippen LogP contribution in [0.4, 0.5) is 0 Å². The second-order valence-electron chi connectivity index (χ2n) is 7.11. The average molecular weight is 290 g/mol. The summed E-state index contributed by atoms with van der Waals surface area (Å²) in [5.74, 6) is -0.418. The lowest BCUT2D eigenvalue weighted by atomic mass is 9.81. The van der Waals surface area contributed by atoms with Crippen molar-refractivity contribution in [2.75, 3.05) is 0 Å². The number of phenolic OH excluding ortho intramolecular Hbond substituents is 1. The molecule has 1 saturated heterocycles. The van der Waals surface area contributed by atoms with Crippen LogP contribution in [-0.4, -0.2) is 27.8 Å². The van der Waals surface area contributed by atoms with Crippen molar-refractivity contribution in [1.29, 1.82) is 0 Å². The van der Waals surface area contributed by atoms with Crippen LogP contribution in [0.5, 0.6) is 5.75 Å². The first-order chi connectivity index (χ1) is 9.69. The highest BCUT2D eigenvalue weighted by Crippen LogP contribution is 2.19. The molecule has 5 heteroatoms. The summed E-state index contributed by atoms with van der Waals surface area (Å²) in [6.07, 6.45) is 1.66. The van der Waals surface area contributed by atoms with E-state index in [-0.39, 0.29) is 28.3 Å². The fourth-order valence-corrected chi connectivity index (χ4v) is 3.21. The first kappa shape index (κ1) is 15.5. The third-order valence-corrected chi connectivity index (χ3v) is 3.57. The summed E-state index contributed by atoms with van der Waals surface area (Å²) < 4.78 is 0. The van der Waals surface area contributed by atoms with E-state index in [9.17, 15) is 9.90 Å². The molecule has 0 radical (unpaired) electrons. The maximum Gasteiger partial charge on any atom is 0.275 e. The molecule has 1 aliphatic heterocycles. The molecular formula is C16H24N3O2+. The van der Waals surface area contributed by atoms with Crippen molar-refractivity contribution in [3.05, 3.63) is 29.8 Å². The topological polar surface area (TPSA) is 78.3 Å². The monoisotopic (exact) mass is 290 g/mol. The van der Waals surface area contributed by atoms with E-state index in [0.29, 0.717) is 0 Å². The summed E-state index contributed by atoms with van der Waals surface area (Å²) in [6.45, 7) is 8.70. The zero-order valence-corrected chi connectivity index (χ0v) is 13.1. The van der Waals surface area contributed by atoms with Gasteiger partial charge in [-0.3, -0.25) is 4.79 Å². The van der Waals surface area contributed by atoms with Gasteiger partial charge >= 0.3 is 0 Å². The molecule has 114 valence electrons. The molecule has 0 bridgehead atoms. The van der Waals surface area contributed by atoms with E-state index >= 15 is 0 Å². The molecule has 1 heterocycles. The Kier molecular flexibility index (Phi) is 4.05. The van der Waals surface area contributed by atoms with Crippen molar-refractivity contribution in [2.45, 2.75) is 51.6 Å². The molecule has 2 rings (SSSR count). The highest BCUT2D eigenvalue weighted by atomic mass is 16.3. The van der Waals surface area contributed by atoms with E-state index in [0.717, 1.165) is 18.6 Å². The quantitative estimate of drug-likeness (QED) is 0.720. The number of hydrazone groups is 1. The molecule has 0 aromatic heterocycles. The normalized spacial score (nSPS) is 19.9. The van der Waals surface area contributed by atoms with Gasteiger partial charge in [0.2, 0.25) is 0 Å². The number of aromatic hydroxyl groups is 1. The predicted octanol–water partition coefficient (Wildman–Crippen LogP) is 1.39. The van der Waals surface area contributed by atoms with Gasteiger partial charge in [0.1, 0.15) is 5.75 Å². The molecule has 0 aliphatic carbocycles. The van der Waals surface area contributed by atoms with Crippen molar-refractivity contribution < 1.29 is 15.2 Å². The van der Waals surface area contributed by atoms with Gasteiger partial charge in [0.25, 0.3) is 5.91 Å². The second kappa shape index (κ2) is 5.48. The molecule has 0 atom stereocenters. The molecule has 4 N–H and O–H groups in total. The van der Waals surface area contributed by atoms with Crippen LogP contribution < -0.4 is 10.7 Å². The maximum atomic E-state index is 12.0. The van der Waals surface area contributed by atoms with Crippen LogP contribution in [0.2, 0.25) is 0 Å². The summed E-state index contributed by atoms with van der Waals surface area (Å²) in [7, 11) is 0. The number of rotatable bonds is 2. The maximum absolute atomic E-state index is 12.0. The van der Waals surface area contributed by atoms with Gasteiger partial charge in [-0.25, -0.2) is 5.43 Å². The summed E-state index contributed by atoms with van der Waals surface area (Å²) >= 11 is 0. The molecular weight excluding hydrogens is 266 g/mol. The van der Waals surface area contributed by atoms with E-state index < -0.39 is 0 Å². The van der Waals surface area contributed by atoms with Gasteiger partial charge in [-0.1, -0.05) is 12.1 Å². The van der Waals surface area contributed by atoms with Crippen molar-refractivity contribution in [3.63, 3.8) is 0 Å². The second-order valence-corrected chi connectivity index (χ2v) is 7.11. The number of nitrogens with zero attached hydrogens (tertiary/aromatic N) is 1. The molecule has 1 fully saturated rings. The van der Waals surface area contributed by atoms with E-state index in [1.807, 2.05) is 0 Å². The minimum absolute atomic E-state index is 0.0344. The SMILES string of the molecule is CC1(C)CC(=NNC(=O)c2ccccc2O)CC(C)(C)[NH2+]1. The lowest BCUT2D eigenvalue weighted by Crippen LogP contribution is -3.05. The number of piperidine rings is 1. The minimum atomic E-state index is -0.384. The Bertz CT molecular complexity index is 559. The van der Waals surface area contributed by atoms with Crippen molar-refractivity contribution in [2.24, 2.45) is 5.10 Å².